The van der Waals surface area contributed by atoms with Gasteiger partial charge in [0.25, 0.3) is 5.91 Å². The minimum atomic E-state index is 0.184. The van der Waals surface area contributed by atoms with Crippen molar-refractivity contribution in [3.8, 4) is 0 Å². The van der Waals surface area contributed by atoms with Crippen molar-refractivity contribution in [3.05, 3.63) is 35.4 Å². The van der Waals surface area contributed by atoms with Crippen LogP contribution in [0.1, 0.15) is 56.0 Å². The van der Waals surface area contributed by atoms with Crippen LogP contribution >= 0.6 is 0 Å². The van der Waals surface area contributed by atoms with Crippen LogP contribution in [0.2, 0.25) is 0 Å². The van der Waals surface area contributed by atoms with Crippen molar-refractivity contribution in [1.82, 2.24) is 15.1 Å². The Morgan fingerprint density at radius 1 is 1.15 bits per heavy atom. The van der Waals surface area contributed by atoms with Gasteiger partial charge in [0.05, 0.1) is 12.2 Å². The number of amides is 1. The summed E-state index contributed by atoms with van der Waals surface area (Å²) >= 11 is 0. The molecule has 2 saturated heterocycles. The van der Waals surface area contributed by atoms with Gasteiger partial charge >= 0.3 is 0 Å². The van der Waals surface area contributed by atoms with Gasteiger partial charge in [-0.2, -0.15) is 0 Å². The van der Waals surface area contributed by atoms with E-state index in [1.165, 1.54) is 5.56 Å². The Hall–Kier alpha value is -1.43. The molecule has 1 aromatic carbocycles. The number of hydrogen-bond acceptors (Lipinski definition) is 4. The first kappa shape index (κ1) is 20.3. The number of hydrogen-bond donors (Lipinski definition) is 1. The van der Waals surface area contributed by atoms with Crippen LogP contribution in [-0.4, -0.2) is 66.7 Å². The van der Waals surface area contributed by atoms with E-state index in [0.29, 0.717) is 6.04 Å². The lowest BCUT2D eigenvalue weighted by Gasteiger charge is -2.35. The highest BCUT2D eigenvalue weighted by Crippen LogP contribution is 2.18. The molecule has 0 bridgehead atoms. The van der Waals surface area contributed by atoms with Crippen molar-refractivity contribution < 1.29 is 9.53 Å². The number of carbonyl (C=O) groups excluding carboxylic acids is 1. The lowest BCUT2D eigenvalue weighted by Crippen LogP contribution is -2.46. The molecule has 1 aromatic rings. The monoisotopic (exact) mass is 373 g/mol. The first-order chi connectivity index (χ1) is 13.1. The fraction of sp³-hybridized carbons (Fsp3) is 0.682. The number of carbonyl (C=O) groups is 1. The predicted octanol–water partition coefficient (Wildman–Crippen LogP) is 2.90. The molecule has 0 aliphatic carbocycles. The predicted molar refractivity (Wildman–Crippen MR) is 109 cm³/mol. The highest BCUT2D eigenvalue weighted by Gasteiger charge is 2.26. The average Bonchev–Trinajstić information content (AvgIpc) is 2.66. The molecular formula is C22H35N3O2. The second kappa shape index (κ2) is 9.67. The molecule has 2 aliphatic rings. The van der Waals surface area contributed by atoms with Crippen molar-refractivity contribution in [2.24, 2.45) is 0 Å². The van der Waals surface area contributed by atoms with E-state index in [-0.39, 0.29) is 18.1 Å². The van der Waals surface area contributed by atoms with Crippen LogP contribution in [0.15, 0.2) is 24.3 Å². The van der Waals surface area contributed by atoms with Gasteiger partial charge in [0.1, 0.15) is 0 Å². The molecule has 27 heavy (non-hydrogen) atoms. The Kier molecular flexibility index (Phi) is 7.27. The van der Waals surface area contributed by atoms with E-state index >= 15 is 0 Å². The molecule has 0 aromatic heterocycles. The van der Waals surface area contributed by atoms with Gasteiger partial charge in [-0.25, -0.2) is 0 Å². The fourth-order valence-electron chi connectivity index (χ4n) is 4.40. The van der Waals surface area contributed by atoms with E-state index < -0.39 is 0 Å². The van der Waals surface area contributed by atoms with Gasteiger partial charge < -0.3 is 15.0 Å². The third-order valence-corrected chi connectivity index (χ3v) is 5.58. The van der Waals surface area contributed by atoms with Crippen molar-refractivity contribution in [1.29, 1.82) is 0 Å². The van der Waals surface area contributed by atoms with Gasteiger partial charge in [0, 0.05) is 37.8 Å². The molecule has 1 N–H and O–H groups in total. The van der Waals surface area contributed by atoms with Gasteiger partial charge in [-0.3, -0.25) is 9.69 Å². The summed E-state index contributed by atoms with van der Waals surface area (Å²) in [5.74, 6) is 0.184. The molecule has 2 heterocycles. The summed E-state index contributed by atoms with van der Waals surface area (Å²) in [6.45, 7) is 12.1. The van der Waals surface area contributed by atoms with E-state index in [0.717, 1.165) is 64.1 Å². The summed E-state index contributed by atoms with van der Waals surface area (Å²) in [4.78, 5) is 17.6. The van der Waals surface area contributed by atoms with Gasteiger partial charge in [-0.15, -0.1) is 0 Å². The van der Waals surface area contributed by atoms with Crippen LogP contribution in [0.4, 0.5) is 0 Å². The highest BCUT2D eigenvalue weighted by molar-refractivity contribution is 5.94. The van der Waals surface area contributed by atoms with Gasteiger partial charge in [-0.05, 0) is 63.9 Å². The van der Waals surface area contributed by atoms with Crippen LogP contribution < -0.4 is 5.32 Å². The highest BCUT2D eigenvalue weighted by atomic mass is 16.5. The average molecular weight is 374 g/mol. The van der Waals surface area contributed by atoms with E-state index in [2.05, 4.69) is 48.0 Å². The third-order valence-electron chi connectivity index (χ3n) is 5.58. The maximum absolute atomic E-state index is 13.1. The number of benzene rings is 1. The summed E-state index contributed by atoms with van der Waals surface area (Å²) < 4.78 is 5.82. The Balaban J connectivity index is 1.63. The van der Waals surface area contributed by atoms with Crippen molar-refractivity contribution >= 4 is 5.91 Å². The summed E-state index contributed by atoms with van der Waals surface area (Å²) in [6, 6.07) is 8.62. The minimum Gasteiger partial charge on any atom is -0.373 e. The van der Waals surface area contributed by atoms with E-state index in [1.54, 1.807) is 0 Å². The molecule has 2 aliphatic heterocycles. The molecule has 150 valence electrons. The topological polar surface area (TPSA) is 44.8 Å². The molecule has 0 saturated carbocycles. The summed E-state index contributed by atoms with van der Waals surface area (Å²) in [5.41, 5.74) is 2.08. The normalized spacial score (nSPS) is 24.7. The van der Waals surface area contributed by atoms with Gasteiger partial charge in [-0.1, -0.05) is 19.1 Å². The zero-order valence-corrected chi connectivity index (χ0v) is 17.1. The van der Waals surface area contributed by atoms with E-state index in [4.69, 9.17) is 4.74 Å². The van der Waals surface area contributed by atoms with E-state index in [1.807, 2.05) is 12.1 Å². The number of piperidine rings is 1. The first-order valence-corrected chi connectivity index (χ1v) is 10.5. The zero-order chi connectivity index (χ0) is 19.2. The minimum absolute atomic E-state index is 0.184. The Bertz CT molecular complexity index is 588. The Morgan fingerprint density at radius 3 is 2.37 bits per heavy atom. The molecule has 2 fully saturated rings. The van der Waals surface area contributed by atoms with Gasteiger partial charge in [0.2, 0.25) is 0 Å². The number of rotatable bonds is 6. The fourth-order valence-corrected chi connectivity index (χ4v) is 4.40. The van der Waals surface area contributed by atoms with Crippen molar-refractivity contribution in [2.45, 2.75) is 64.8 Å². The van der Waals surface area contributed by atoms with Crippen LogP contribution in [0, 0.1) is 0 Å². The van der Waals surface area contributed by atoms with Crippen LogP contribution in [-0.2, 0) is 11.3 Å². The number of ether oxygens (including phenoxy) is 1. The lowest BCUT2D eigenvalue weighted by molar-refractivity contribution is -0.0704. The summed E-state index contributed by atoms with van der Waals surface area (Å²) in [6.07, 6.45) is 3.67. The lowest BCUT2D eigenvalue weighted by atomic mass is 10.0. The Morgan fingerprint density at radius 2 is 1.78 bits per heavy atom. The number of nitrogens with zero attached hydrogens (tertiary/aromatic N) is 2. The van der Waals surface area contributed by atoms with Crippen LogP contribution in [0.3, 0.4) is 0 Å². The first-order valence-electron chi connectivity index (χ1n) is 10.5. The Labute approximate surface area is 164 Å². The molecular weight excluding hydrogens is 338 g/mol. The third kappa shape index (κ3) is 5.53. The molecule has 0 unspecified atom stereocenters. The van der Waals surface area contributed by atoms with Crippen molar-refractivity contribution in [3.63, 3.8) is 0 Å². The SMILES string of the molecule is CCCN(C(=O)c1ccc(CN2C[C@@H](C)O[C@H](C)C2)cc1)C1CCNCC1. The second-order valence-corrected chi connectivity index (χ2v) is 8.13. The zero-order valence-electron chi connectivity index (χ0n) is 17.1. The maximum atomic E-state index is 13.1. The quantitative estimate of drug-likeness (QED) is 0.833. The summed E-state index contributed by atoms with van der Waals surface area (Å²) in [7, 11) is 0. The van der Waals surface area contributed by atoms with Crippen molar-refractivity contribution in [2.75, 3.05) is 32.7 Å². The standard InChI is InChI=1S/C22H35N3O2/c1-4-13-25(21-9-11-23-12-10-21)22(26)20-7-5-19(6-8-20)16-24-14-17(2)27-18(3)15-24/h5-8,17-18,21,23H,4,9-16H2,1-3H3/t17-,18-/m1/s1. The summed E-state index contributed by atoms with van der Waals surface area (Å²) in [5, 5.41) is 3.39. The molecule has 0 radical (unpaired) electrons. The maximum Gasteiger partial charge on any atom is 0.254 e. The largest absolute Gasteiger partial charge is 0.373 e. The number of nitrogens with one attached hydrogen (secondary N) is 1. The van der Waals surface area contributed by atoms with Gasteiger partial charge in [0.15, 0.2) is 0 Å². The molecule has 2 atom stereocenters. The number of morpholine rings is 1. The molecule has 5 nitrogen and oxygen atoms in total. The van der Waals surface area contributed by atoms with Crippen LogP contribution in [0.25, 0.3) is 0 Å². The second-order valence-electron chi connectivity index (χ2n) is 8.13. The van der Waals surface area contributed by atoms with Crippen LogP contribution in [0.5, 0.6) is 0 Å². The van der Waals surface area contributed by atoms with E-state index in [9.17, 15) is 4.79 Å². The molecule has 1 amide bonds. The molecule has 3 rings (SSSR count). The smallest absolute Gasteiger partial charge is 0.254 e. The molecule has 5 heteroatoms. The molecule has 0 spiro atoms.